The van der Waals surface area contributed by atoms with Gasteiger partial charge in [-0.25, -0.2) is 4.99 Å². The third-order valence-corrected chi connectivity index (χ3v) is 1.48. The summed E-state index contributed by atoms with van der Waals surface area (Å²) in [5, 5.41) is 8.74. The van der Waals surface area contributed by atoms with Crippen molar-refractivity contribution in [2.75, 3.05) is 20.7 Å². The smallest absolute Gasteiger partial charge is 0.194 e. The summed E-state index contributed by atoms with van der Waals surface area (Å²) in [5.74, 6) is 0. The normalized spacial score (nSPS) is 22.3. The van der Waals surface area contributed by atoms with Crippen molar-refractivity contribution in [2.45, 2.75) is 0 Å². The molecule has 3 nitrogen and oxygen atoms in total. The summed E-state index contributed by atoms with van der Waals surface area (Å²) in [6.07, 6.45) is 3.48. The highest BCUT2D eigenvalue weighted by atomic mass is 16.3. The maximum Gasteiger partial charge on any atom is 0.194 e. The molecule has 0 aromatic rings. The highest BCUT2D eigenvalue weighted by Crippen LogP contribution is 2.12. The van der Waals surface area contributed by atoms with E-state index in [-0.39, 0.29) is 6.61 Å². The molecule has 0 fully saturated rings. The van der Waals surface area contributed by atoms with Crippen LogP contribution in [0.2, 0.25) is 0 Å². The molecule has 1 heterocycles. The molecular formula is C6H11N2O+. The van der Waals surface area contributed by atoms with E-state index >= 15 is 0 Å². The van der Waals surface area contributed by atoms with Crippen molar-refractivity contribution >= 4 is 6.34 Å². The number of aliphatic hydroxyl groups is 1. The zero-order chi connectivity index (χ0) is 6.91. The molecular weight excluding hydrogens is 116 g/mol. The molecule has 1 rings (SSSR count). The maximum absolute atomic E-state index is 8.74. The van der Waals surface area contributed by atoms with Gasteiger partial charge in [-0.05, 0) is 0 Å². The first-order chi connectivity index (χ1) is 4.17. The average molecular weight is 127 g/mol. The first-order valence-corrected chi connectivity index (χ1v) is 2.85. The molecule has 0 saturated carbocycles. The summed E-state index contributed by atoms with van der Waals surface area (Å²) in [5.41, 5.74) is 0.926. The van der Waals surface area contributed by atoms with Gasteiger partial charge in [0.2, 0.25) is 0 Å². The number of rotatable bonds is 1. The molecule has 1 N–H and O–H groups in total. The molecule has 1 aliphatic rings. The first-order valence-electron chi connectivity index (χ1n) is 2.85. The third kappa shape index (κ3) is 1.01. The second-order valence-corrected chi connectivity index (χ2v) is 2.58. The number of aliphatic hydroxyl groups excluding tert-OH is 1. The van der Waals surface area contributed by atoms with Crippen molar-refractivity contribution in [1.82, 2.24) is 0 Å². The summed E-state index contributed by atoms with van der Waals surface area (Å²) in [7, 11) is 3.94. The van der Waals surface area contributed by atoms with Crippen LogP contribution in [0.4, 0.5) is 0 Å². The van der Waals surface area contributed by atoms with Crippen LogP contribution >= 0.6 is 0 Å². The van der Waals surface area contributed by atoms with Gasteiger partial charge < -0.3 is 5.11 Å². The van der Waals surface area contributed by atoms with E-state index in [0.29, 0.717) is 4.48 Å². The molecule has 0 saturated heterocycles. The van der Waals surface area contributed by atoms with E-state index in [1.165, 1.54) is 0 Å². The van der Waals surface area contributed by atoms with E-state index in [4.69, 9.17) is 5.11 Å². The minimum atomic E-state index is 0.0903. The van der Waals surface area contributed by atoms with E-state index in [1.54, 1.807) is 12.5 Å². The quantitative estimate of drug-likeness (QED) is 0.492. The lowest BCUT2D eigenvalue weighted by molar-refractivity contribution is -0.749. The van der Waals surface area contributed by atoms with Crippen LogP contribution in [0, 0.1) is 0 Å². The summed E-state index contributed by atoms with van der Waals surface area (Å²) >= 11 is 0. The van der Waals surface area contributed by atoms with Gasteiger partial charge in [0.1, 0.15) is 6.61 Å². The Morgan fingerprint density at radius 3 is 2.56 bits per heavy atom. The van der Waals surface area contributed by atoms with Gasteiger partial charge in [0.05, 0.1) is 20.3 Å². The zero-order valence-corrected chi connectivity index (χ0v) is 5.70. The van der Waals surface area contributed by atoms with Crippen LogP contribution in [-0.2, 0) is 0 Å². The number of quaternary nitrogens is 1. The fourth-order valence-electron chi connectivity index (χ4n) is 0.732. The SMILES string of the molecule is C[N+]1(C)C=NC=C1CO. The molecule has 0 aromatic carbocycles. The van der Waals surface area contributed by atoms with Gasteiger partial charge in [-0.15, -0.1) is 0 Å². The number of nitrogens with zero attached hydrogens (tertiary/aromatic N) is 2. The molecule has 1 aliphatic heterocycles. The number of hydrogen-bond donors (Lipinski definition) is 1. The summed E-state index contributed by atoms with van der Waals surface area (Å²) in [6, 6.07) is 0. The van der Waals surface area contributed by atoms with Crippen molar-refractivity contribution in [1.29, 1.82) is 0 Å². The highest BCUT2D eigenvalue weighted by molar-refractivity contribution is 5.52. The zero-order valence-electron chi connectivity index (χ0n) is 5.70. The van der Waals surface area contributed by atoms with Crippen molar-refractivity contribution in [3.63, 3.8) is 0 Å². The van der Waals surface area contributed by atoms with E-state index < -0.39 is 0 Å². The Balaban J connectivity index is 2.78. The lowest BCUT2D eigenvalue weighted by Crippen LogP contribution is -2.35. The van der Waals surface area contributed by atoms with E-state index in [1.807, 2.05) is 14.1 Å². The Kier molecular flexibility index (Phi) is 1.38. The topological polar surface area (TPSA) is 32.6 Å². The Labute approximate surface area is 54.5 Å². The predicted molar refractivity (Wildman–Crippen MR) is 35.8 cm³/mol. The molecule has 0 unspecified atom stereocenters. The van der Waals surface area contributed by atoms with Gasteiger partial charge in [-0.3, -0.25) is 4.48 Å². The average Bonchev–Trinajstić information content (AvgIpc) is 2.08. The van der Waals surface area contributed by atoms with Crippen molar-refractivity contribution in [3.05, 3.63) is 11.9 Å². The van der Waals surface area contributed by atoms with Crippen LogP contribution in [0.1, 0.15) is 0 Å². The van der Waals surface area contributed by atoms with Crippen LogP contribution < -0.4 is 0 Å². The van der Waals surface area contributed by atoms with E-state index in [9.17, 15) is 0 Å². The molecule has 0 atom stereocenters. The van der Waals surface area contributed by atoms with E-state index in [2.05, 4.69) is 4.99 Å². The van der Waals surface area contributed by atoms with Gasteiger partial charge >= 0.3 is 0 Å². The van der Waals surface area contributed by atoms with Crippen molar-refractivity contribution in [3.8, 4) is 0 Å². The third-order valence-electron chi connectivity index (χ3n) is 1.48. The summed E-state index contributed by atoms with van der Waals surface area (Å²) < 4.78 is 0.580. The lowest BCUT2D eigenvalue weighted by Gasteiger charge is -2.20. The van der Waals surface area contributed by atoms with Crippen LogP contribution in [0.15, 0.2) is 16.9 Å². The molecule has 0 bridgehead atoms. The largest absolute Gasteiger partial charge is 0.386 e. The van der Waals surface area contributed by atoms with Gasteiger partial charge in [0.15, 0.2) is 12.0 Å². The Bertz CT molecular complexity index is 170. The lowest BCUT2D eigenvalue weighted by atomic mass is 10.4. The predicted octanol–water partition coefficient (Wildman–Crippen LogP) is -0.0616. The second-order valence-electron chi connectivity index (χ2n) is 2.58. The number of aliphatic imine (C=N–C) groups is 1. The van der Waals surface area contributed by atoms with Gasteiger partial charge in [0, 0.05) is 0 Å². The Hall–Kier alpha value is -0.670. The Morgan fingerprint density at radius 2 is 2.33 bits per heavy atom. The Morgan fingerprint density at radius 1 is 1.67 bits per heavy atom. The van der Waals surface area contributed by atoms with Gasteiger partial charge in [0.25, 0.3) is 0 Å². The minimum absolute atomic E-state index is 0.0903. The first kappa shape index (κ1) is 6.45. The van der Waals surface area contributed by atoms with E-state index in [0.717, 1.165) is 5.70 Å². The van der Waals surface area contributed by atoms with Crippen LogP contribution in [0.3, 0.4) is 0 Å². The molecule has 0 aliphatic carbocycles. The van der Waals surface area contributed by atoms with Crippen molar-refractivity contribution < 1.29 is 9.59 Å². The fraction of sp³-hybridized carbons (Fsp3) is 0.500. The summed E-state index contributed by atoms with van der Waals surface area (Å²) in [6.45, 7) is 0.0903. The maximum atomic E-state index is 8.74. The fourth-order valence-corrected chi connectivity index (χ4v) is 0.732. The van der Waals surface area contributed by atoms with Gasteiger partial charge in [-0.2, -0.15) is 0 Å². The molecule has 9 heavy (non-hydrogen) atoms. The molecule has 0 spiro atoms. The van der Waals surface area contributed by atoms with Crippen LogP contribution in [0.25, 0.3) is 0 Å². The monoisotopic (exact) mass is 127 g/mol. The highest BCUT2D eigenvalue weighted by Gasteiger charge is 2.22. The standard InChI is InChI=1S/C6H11N2O/c1-8(2)5-7-3-6(8)4-9/h3,5,9H,4H2,1-2H3/q+1. The van der Waals surface area contributed by atoms with Crippen LogP contribution in [0.5, 0.6) is 0 Å². The minimum Gasteiger partial charge on any atom is -0.386 e. The molecule has 3 heteroatoms. The molecule has 0 amide bonds. The molecule has 0 radical (unpaired) electrons. The number of likely N-dealkylation sites (N-methyl/N-ethyl adjacent to an activating group) is 1. The summed E-state index contributed by atoms with van der Waals surface area (Å²) in [4.78, 5) is 3.91. The van der Waals surface area contributed by atoms with Crippen molar-refractivity contribution in [2.24, 2.45) is 4.99 Å². The number of hydrogen-bond acceptors (Lipinski definition) is 2. The van der Waals surface area contributed by atoms with Gasteiger partial charge in [-0.1, -0.05) is 0 Å². The molecule has 50 valence electrons. The molecule has 0 aromatic heterocycles. The van der Waals surface area contributed by atoms with Crippen LogP contribution in [-0.4, -0.2) is 36.6 Å². The second kappa shape index (κ2) is 1.93.